The van der Waals surface area contributed by atoms with Crippen molar-refractivity contribution in [3.05, 3.63) is 17.3 Å². The first-order valence-electron chi connectivity index (χ1n) is 3.36. The number of carbonyl (C=O) groups excluding carboxylic acids is 1. The molecule has 0 radical (unpaired) electrons. The van der Waals surface area contributed by atoms with Crippen LogP contribution >= 0.6 is 11.6 Å². The molecule has 1 N–H and O–H groups in total. The summed E-state index contributed by atoms with van der Waals surface area (Å²) in [6, 6.07) is 1.66. The first kappa shape index (κ1) is 7.36. The Labute approximate surface area is 73.5 Å². The molecule has 2 heterocycles. The second kappa shape index (κ2) is 2.64. The van der Waals surface area contributed by atoms with Gasteiger partial charge in [0.1, 0.15) is 6.54 Å². The van der Waals surface area contributed by atoms with Crippen molar-refractivity contribution >= 4 is 23.3 Å². The first-order valence-corrected chi connectivity index (χ1v) is 3.73. The zero-order chi connectivity index (χ0) is 8.55. The number of fused-ring (bicyclic) bond motifs is 1. The van der Waals surface area contributed by atoms with E-state index in [0.717, 1.165) is 0 Å². The molecule has 62 valence electrons. The smallest absolute Gasteiger partial charge is 0.332 e. The number of hydrogen-bond acceptors (Lipinski definition) is 4. The van der Waals surface area contributed by atoms with Crippen LogP contribution in [0.5, 0.6) is 5.88 Å². The molecule has 4 nitrogen and oxygen atoms in total. The van der Waals surface area contributed by atoms with Crippen LogP contribution in [0.1, 0.15) is 0 Å². The Morgan fingerprint density at radius 3 is 3.33 bits per heavy atom. The van der Waals surface area contributed by atoms with Gasteiger partial charge in [0.15, 0.2) is 0 Å². The molecule has 12 heavy (non-hydrogen) atoms. The highest BCUT2D eigenvalue weighted by Gasteiger charge is 2.17. The standard InChI is InChI=1S/C7H5ClN2O2/c8-4-1-5-7(10-2-4)12-6(11)3-9-5/h1-2,9H,3H2. The molecule has 5 heteroatoms. The Morgan fingerprint density at radius 1 is 1.67 bits per heavy atom. The molecule has 0 bridgehead atoms. The summed E-state index contributed by atoms with van der Waals surface area (Å²) in [5.41, 5.74) is 0.655. The third-order valence-electron chi connectivity index (χ3n) is 1.45. The lowest BCUT2D eigenvalue weighted by molar-refractivity contribution is -0.133. The van der Waals surface area contributed by atoms with E-state index >= 15 is 0 Å². The molecule has 0 atom stereocenters. The number of rotatable bonds is 0. The molecule has 1 aliphatic rings. The van der Waals surface area contributed by atoms with Crippen molar-refractivity contribution in [2.24, 2.45) is 0 Å². The molecule has 0 saturated carbocycles. The third kappa shape index (κ3) is 1.21. The molecular formula is C7H5ClN2O2. The minimum atomic E-state index is -0.336. The van der Waals surface area contributed by atoms with Crippen LogP contribution in [0.2, 0.25) is 5.02 Å². The van der Waals surface area contributed by atoms with Crippen molar-refractivity contribution in [3.63, 3.8) is 0 Å². The van der Waals surface area contributed by atoms with Gasteiger partial charge in [0, 0.05) is 6.20 Å². The number of halogens is 1. The number of anilines is 1. The van der Waals surface area contributed by atoms with Gasteiger partial charge >= 0.3 is 5.97 Å². The molecule has 0 fully saturated rings. The van der Waals surface area contributed by atoms with Crippen molar-refractivity contribution < 1.29 is 9.53 Å². The first-order chi connectivity index (χ1) is 5.75. The van der Waals surface area contributed by atoms with Gasteiger partial charge in [-0.15, -0.1) is 0 Å². The number of ether oxygens (including phenoxy) is 1. The van der Waals surface area contributed by atoms with Crippen LogP contribution in [0.4, 0.5) is 5.69 Å². The molecule has 1 aliphatic heterocycles. The van der Waals surface area contributed by atoms with Crippen LogP contribution in [0, 0.1) is 0 Å². The quantitative estimate of drug-likeness (QED) is 0.613. The van der Waals surface area contributed by atoms with Crippen LogP contribution in [0.25, 0.3) is 0 Å². The normalized spacial score (nSPS) is 14.6. The number of aromatic nitrogens is 1. The van der Waals surface area contributed by atoms with Gasteiger partial charge in [0.25, 0.3) is 0 Å². The van der Waals surface area contributed by atoms with Gasteiger partial charge in [-0.1, -0.05) is 11.6 Å². The molecule has 1 aromatic rings. The maximum Gasteiger partial charge on any atom is 0.332 e. The summed E-state index contributed by atoms with van der Waals surface area (Å²) in [4.78, 5) is 14.6. The molecule has 0 amide bonds. The van der Waals surface area contributed by atoms with Crippen molar-refractivity contribution in [2.45, 2.75) is 0 Å². The highest BCUT2D eigenvalue weighted by Crippen LogP contribution is 2.26. The SMILES string of the molecule is O=C1CNc2cc(Cl)cnc2O1. The van der Waals surface area contributed by atoms with E-state index in [0.29, 0.717) is 10.7 Å². The number of nitrogens with one attached hydrogen (secondary N) is 1. The number of hydrogen-bond donors (Lipinski definition) is 1. The predicted molar refractivity (Wildman–Crippen MR) is 43.4 cm³/mol. The Balaban J connectivity index is 2.43. The lowest BCUT2D eigenvalue weighted by Crippen LogP contribution is -2.25. The van der Waals surface area contributed by atoms with Crippen molar-refractivity contribution in [3.8, 4) is 5.88 Å². The molecule has 0 saturated heterocycles. The largest absolute Gasteiger partial charge is 0.404 e. The molecular weight excluding hydrogens is 180 g/mol. The zero-order valence-corrected chi connectivity index (χ0v) is 6.76. The summed E-state index contributed by atoms with van der Waals surface area (Å²) in [6.07, 6.45) is 1.43. The Hall–Kier alpha value is -1.29. The molecule has 0 unspecified atom stereocenters. The summed E-state index contributed by atoms with van der Waals surface area (Å²) in [5.74, 6) is -0.0482. The fraction of sp³-hybridized carbons (Fsp3) is 0.143. The maximum absolute atomic E-state index is 10.8. The van der Waals surface area contributed by atoms with Crippen LogP contribution in [0.15, 0.2) is 12.3 Å². The van der Waals surface area contributed by atoms with E-state index in [1.807, 2.05) is 0 Å². The lowest BCUT2D eigenvalue weighted by Gasteiger charge is -2.15. The van der Waals surface area contributed by atoms with Crippen molar-refractivity contribution in [1.29, 1.82) is 0 Å². The fourth-order valence-electron chi connectivity index (χ4n) is 0.946. The van der Waals surface area contributed by atoms with Crippen LogP contribution < -0.4 is 10.1 Å². The van der Waals surface area contributed by atoms with Gasteiger partial charge in [-0.3, -0.25) is 0 Å². The number of nitrogens with zero attached hydrogens (tertiary/aromatic N) is 1. The van der Waals surface area contributed by atoms with Gasteiger partial charge in [0.05, 0.1) is 10.7 Å². The van der Waals surface area contributed by atoms with Gasteiger partial charge in [-0.25, -0.2) is 9.78 Å². The molecule has 1 aromatic heterocycles. The Bertz CT molecular complexity index is 340. The topological polar surface area (TPSA) is 51.2 Å². The van der Waals surface area contributed by atoms with Crippen LogP contribution in [0.3, 0.4) is 0 Å². The van der Waals surface area contributed by atoms with Crippen LogP contribution in [-0.4, -0.2) is 17.5 Å². The van der Waals surface area contributed by atoms with Crippen LogP contribution in [-0.2, 0) is 4.79 Å². The molecule has 0 aromatic carbocycles. The summed E-state index contributed by atoms with van der Waals surface area (Å²) < 4.78 is 4.82. The second-order valence-corrected chi connectivity index (χ2v) is 2.77. The number of pyridine rings is 1. The average Bonchev–Trinajstić information content (AvgIpc) is 2.05. The predicted octanol–water partition coefficient (Wildman–Crippen LogP) is 1.07. The van der Waals surface area contributed by atoms with E-state index in [4.69, 9.17) is 16.3 Å². The minimum absolute atomic E-state index is 0.162. The highest BCUT2D eigenvalue weighted by atomic mass is 35.5. The summed E-state index contributed by atoms with van der Waals surface area (Å²) in [5, 5.41) is 3.34. The van der Waals surface area contributed by atoms with E-state index in [2.05, 4.69) is 10.3 Å². The van der Waals surface area contributed by atoms with E-state index in [1.165, 1.54) is 6.20 Å². The van der Waals surface area contributed by atoms with Gasteiger partial charge in [0.2, 0.25) is 5.88 Å². The maximum atomic E-state index is 10.8. The van der Waals surface area contributed by atoms with E-state index < -0.39 is 0 Å². The fourth-order valence-corrected chi connectivity index (χ4v) is 1.10. The third-order valence-corrected chi connectivity index (χ3v) is 1.66. The number of carbonyl (C=O) groups is 1. The van der Waals surface area contributed by atoms with Gasteiger partial charge in [-0.05, 0) is 6.07 Å². The Kier molecular flexibility index (Phi) is 1.62. The monoisotopic (exact) mass is 184 g/mol. The van der Waals surface area contributed by atoms with Gasteiger partial charge in [-0.2, -0.15) is 0 Å². The van der Waals surface area contributed by atoms with Gasteiger partial charge < -0.3 is 10.1 Å². The highest BCUT2D eigenvalue weighted by molar-refractivity contribution is 6.30. The average molecular weight is 185 g/mol. The zero-order valence-electron chi connectivity index (χ0n) is 6.00. The summed E-state index contributed by atoms with van der Waals surface area (Å²) in [7, 11) is 0. The van der Waals surface area contributed by atoms with Crippen molar-refractivity contribution in [1.82, 2.24) is 4.98 Å². The lowest BCUT2D eigenvalue weighted by atomic mass is 10.3. The molecule has 0 spiro atoms. The summed E-state index contributed by atoms with van der Waals surface area (Å²) in [6.45, 7) is 0.162. The molecule has 2 rings (SSSR count). The minimum Gasteiger partial charge on any atom is -0.404 e. The Morgan fingerprint density at radius 2 is 2.50 bits per heavy atom. The molecule has 0 aliphatic carbocycles. The van der Waals surface area contributed by atoms with E-state index in [9.17, 15) is 4.79 Å². The van der Waals surface area contributed by atoms with E-state index in [-0.39, 0.29) is 18.4 Å². The second-order valence-electron chi connectivity index (χ2n) is 2.33. The van der Waals surface area contributed by atoms with Crippen molar-refractivity contribution in [2.75, 3.05) is 11.9 Å². The summed E-state index contributed by atoms with van der Waals surface area (Å²) >= 11 is 5.67. The van der Waals surface area contributed by atoms with E-state index in [1.54, 1.807) is 6.07 Å². The number of esters is 1.